The summed E-state index contributed by atoms with van der Waals surface area (Å²) in [6.45, 7) is 6.55. The number of nitrogens with zero attached hydrogens (tertiary/aromatic N) is 3. The second kappa shape index (κ2) is 9.02. The fourth-order valence-electron chi connectivity index (χ4n) is 5.43. The Morgan fingerprint density at radius 1 is 1.23 bits per heavy atom. The number of rotatable bonds is 4. The molecule has 2 N–H and O–H groups in total. The van der Waals surface area contributed by atoms with Gasteiger partial charge in [-0.2, -0.15) is 0 Å². The zero-order valence-corrected chi connectivity index (χ0v) is 18.6. The minimum Gasteiger partial charge on any atom is -0.450 e. The van der Waals surface area contributed by atoms with Gasteiger partial charge in [-0.25, -0.2) is 9.78 Å². The fraction of sp³-hybridized carbons (Fsp3) is 0.696. The lowest BCUT2D eigenvalue weighted by atomic mass is 9.77. The molecule has 0 atom stereocenters. The molecule has 2 aliphatic heterocycles. The normalized spacial score (nSPS) is 25.7. The van der Waals surface area contributed by atoms with Gasteiger partial charge >= 0.3 is 6.09 Å². The summed E-state index contributed by atoms with van der Waals surface area (Å²) in [5, 5.41) is 12.5. The van der Waals surface area contributed by atoms with Crippen LogP contribution in [0.1, 0.15) is 57.4 Å². The van der Waals surface area contributed by atoms with Gasteiger partial charge in [0.15, 0.2) is 0 Å². The van der Waals surface area contributed by atoms with E-state index in [0.29, 0.717) is 24.2 Å². The second-order valence-corrected chi connectivity index (χ2v) is 9.19. The summed E-state index contributed by atoms with van der Waals surface area (Å²) >= 11 is 0. The fourth-order valence-corrected chi connectivity index (χ4v) is 5.43. The van der Waals surface area contributed by atoms with Crippen LogP contribution < -0.4 is 10.2 Å². The Morgan fingerprint density at radius 3 is 2.55 bits per heavy atom. The number of carbonyl (C=O) groups excluding carboxylic acids is 2. The van der Waals surface area contributed by atoms with Gasteiger partial charge in [0.25, 0.3) is 0 Å². The van der Waals surface area contributed by atoms with E-state index in [2.05, 4.69) is 20.1 Å². The van der Waals surface area contributed by atoms with Gasteiger partial charge in [0.1, 0.15) is 5.82 Å². The van der Waals surface area contributed by atoms with Crippen molar-refractivity contribution in [3.8, 4) is 0 Å². The number of pyridine rings is 1. The second-order valence-electron chi connectivity index (χ2n) is 9.19. The number of aryl methyl sites for hydroxylation is 1. The van der Waals surface area contributed by atoms with Crippen LogP contribution >= 0.6 is 0 Å². The number of anilines is 2. The summed E-state index contributed by atoms with van der Waals surface area (Å²) in [6.07, 6.45) is 7.08. The van der Waals surface area contributed by atoms with Gasteiger partial charge in [-0.3, -0.25) is 10.1 Å². The molecule has 1 saturated carbocycles. The number of ether oxygens (including phenoxy) is 1. The average Bonchev–Trinajstić information content (AvgIpc) is 3.06. The van der Waals surface area contributed by atoms with Crippen LogP contribution in [0.15, 0.2) is 12.3 Å². The van der Waals surface area contributed by atoms with Crippen molar-refractivity contribution in [2.24, 2.45) is 5.41 Å². The Labute approximate surface area is 184 Å². The quantitative estimate of drug-likeness (QED) is 0.762. The SMILES string of the molecule is CCOC(=O)Nc1cnc(N2CCC3(CC2)CCN(C2CCC(O)CC2)C3=O)c(C)c1. The number of aromatic nitrogens is 1. The molecule has 1 aromatic rings. The molecule has 1 spiro atoms. The molecule has 1 aromatic heterocycles. The maximum atomic E-state index is 13.4. The summed E-state index contributed by atoms with van der Waals surface area (Å²) in [6, 6.07) is 2.21. The van der Waals surface area contributed by atoms with Crippen molar-refractivity contribution in [2.75, 3.05) is 36.5 Å². The Balaban J connectivity index is 1.36. The van der Waals surface area contributed by atoms with E-state index in [0.717, 1.165) is 76.0 Å². The predicted molar refractivity (Wildman–Crippen MR) is 118 cm³/mol. The van der Waals surface area contributed by atoms with Gasteiger partial charge in [-0.15, -0.1) is 0 Å². The molecule has 2 amide bonds. The number of aliphatic hydroxyl groups excluding tert-OH is 1. The highest BCUT2D eigenvalue weighted by atomic mass is 16.5. The van der Waals surface area contributed by atoms with E-state index >= 15 is 0 Å². The molecule has 0 bridgehead atoms. The number of nitrogens with one attached hydrogen (secondary N) is 1. The summed E-state index contributed by atoms with van der Waals surface area (Å²) in [4.78, 5) is 33.9. The number of carbonyl (C=O) groups is 2. The molecule has 3 aliphatic rings. The molecule has 3 fully saturated rings. The van der Waals surface area contributed by atoms with Gasteiger partial charge in [0.2, 0.25) is 5.91 Å². The monoisotopic (exact) mass is 430 g/mol. The average molecular weight is 431 g/mol. The first-order valence-electron chi connectivity index (χ1n) is 11.6. The zero-order valence-electron chi connectivity index (χ0n) is 18.6. The van der Waals surface area contributed by atoms with Gasteiger partial charge in [0, 0.05) is 25.7 Å². The largest absolute Gasteiger partial charge is 0.450 e. The molecule has 0 unspecified atom stereocenters. The number of amides is 2. The first-order valence-corrected chi connectivity index (χ1v) is 11.6. The lowest BCUT2D eigenvalue weighted by Gasteiger charge is -2.40. The Kier molecular flexibility index (Phi) is 6.36. The summed E-state index contributed by atoms with van der Waals surface area (Å²) < 4.78 is 4.92. The molecular formula is C23H34N4O4. The highest BCUT2D eigenvalue weighted by Crippen LogP contribution is 2.44. The zero-order chi connectivity index (χ0) is 22.0. The third kappa shape index (κ3) is 4.49. The lowest BCUT2D eigenvalue weighted by Crippen LogP contribution is -2.47. The van der Waals surface area contributed by atoms with Crippen LogP contribution in [0, 0.1) is 12.3 Å². The van der Waals surface area contributed by atoms with E-state index in [9.17, 15) is 14.7 Å². The van der Waals surface area contributed by atoms with Gasteiger partial charge in [-0.05, 0) is 70.4 Å². The minimum atomic E-state index is -0.479. The van der Waals surface area contributed by atoms with Crippen LogP contribution in [0.2, 0.25) is 0 Å². The summed E-state index contributed by atoms with van der Waals surface area (Å²) in [5.74, 6) is 1.24. The molecule has 8 heteroatoms. The molecule has 1 aliphatic carbocycles. The third-order valence-corrected chi connectivity index (χ3v) is 7.25. The van der Waals surface area contributed by atoms with E-state index < -0.39 is 6.09 Å². The molecule has 0 radical (unpaired) electrons. The molecule has 4 rings (SSSR count). The van der Waals surface area contributed by atoms with Crippen LogP contribution in [-0.2, 0) is 9.53 Å². The molecular weight excluding hydrogens is 396 g/mol. The van der Waals surface area contributed by atoms with Crippen molar-refractivity contribution in [3.63, 3.8) is 0 Å². The van der Waals surface area contributed by atoms with Gasteiger partial charge < -0.3 is 19.6 Å². The van der Waals surface area contributed by atoms with Crippen LogP contribution in [0.3, 0.4) is 0 Å². The maximum Gasteiger partial charge on any atom is 0.411 e. The molecule has 31 heavy (non-hydrogen) atoms. The molecule has 2 saturated heterocycles. The van der Waals surface area contributed by atoms with Gasteiger partial charge in [0.05, 0.1) is 30.0 Å². The van der Waals surface area contributed by atoms with Crippen molar-refractivity contribution >= 4 is 23.5 Å². The Morgan fingerprint density at radius 2 is 1.90 bits per heavy atom. The number of likely N-dealkylation sites (tertiary alicyclic amines) is 1. The molecule has 8 nitrogen and oxygen atoms in total. The topological polar surface area (TPSA) is 95.0 Å². The van der Waals surface area contributed by atoms with Gasteiger partial charge in [-0.1, -0.05) is 0 Å². The van der Waals surface area contributed by atoms with E-state index in [4.69, 9.17) is 4.74 Å². The van der Waals surface area contributed by atoms with E-state index in [1.54, 1.807) is 13.1 Å². The standard InChI is InChI=1S/C23H34N4O4/c1-3-31-22(30)25-17-14-16(2)20(24-15-17)26-11-8-23(9-12-26)10-13-27(21(23)29)18-4-6-19(28)7-5-18/h14-15,18-19,28H,3-13H2,1-2H3,(H,25,30). The smallest absolute Gasteiger partial charge is 0.411 e. The Hall–Kier alpha value is -2.35. The van der Waals surface area contributed by atoms with E-state index in [1.165, 1.54) is 0 Å². The van der Waals surface area contributed by atoms with E-state index in [-0.39, 0.29) is 11.5 Å². The first-order chi connectivity index (χ1) is 14.9. The van der Waals surface area contributed by atoms with Crippen molar-refractivity contribution < 1.29 is 19.4 Å². The first kappa shape index (κ1) is 21.9. The number of hydrogen-bond donors (Lipinski definition) is 2. The molecule has 3 heterocycles. The number of aliphatic hydroxyl groups is 1. The third-order valence-electron chi connectivity index (χ3n) is 7.25. The van der Waals surface area contributed by atoms with Crippen molar-refractivity contribution in [1.29, 1.82) is 0 Å². The summed E-state index contributed by atoms with van der Waals surface area (Å²) in [7, 11) is 0. The van der Waals surface area contributed by atoms with Crippen molar-refractivity contribution in [1.82, 2.24) is 9.88 Å². The van der Waals surface area contributed by atoms with Crippen molar-refractivity contribution in [2.45, 2.75) is 70.9 Å². The lowest BCUT2D eigenvalue weighted by molar-refractivity contribution is -0.139. The van der Waals surface area contributed by atoms with E-state index in [1.807, 2.05) is 13.0 Å². The molecule has 170 valence electrons. The highest BCUT2D eigenvalue weighted by molar-refractivity contribution is 5.86. The van der Waals surface area contributed by atoms with Crippen LogP contribution in [0.5, 0.6) is 0 Å². The minimum absolute atomic E-state index is 0.194. The van der Waals surface area contributed by atoms with Crippen LogP contribution in [0.4, 0.5) is 16.3 Å². The number of piperidine rings is 1. The molecule has 0 aromatic carbocycles. The van der Waals surface area contributed by atoms with Crippen LogP contribution in [-0.4, -0.2) is 65.4 Å². The maximum absolute atomic E-state index is 13.4. The summed E-state index contributed by atoms with van der Waals surface area (Å²) in [5.41, 5.74) is 1.38. The predicted octanol–water partition coefficient (Wildman–Crippen LogP) is 3.08. The number of hydrogen-bond acceptors (Lipinski definition) is 6. The van der Waals surface area contributed by atoms with Crippen LogP contribution in [0.25, 0.3) is 0 Å². The highest BCUT2D eigenvalue weighted by Gasteiger charge is 2.50. The Bertz CT molecular complexity index is 814. The van der Waals surface area contributed by atoms with Crippen molar-refractivity contribution in [3.05, 3.63) is 17.8 Å².